The molecule has 0 aromatic carbocycles. The van der Waals surface area contributed by atoms with E-state index in [1.165, 1.54) is 12.0 Å². The van der Waals surface area contributed by atoms with Crippen molar-refractivity contribution in [1.82, 2.24) is 0 Å². The zero-order valence-electron chi connectivity index (χ0n) is 4.61. The zero-order chi connectivity index (χ0) is 5.54. The van der Waals surface area contributed by atoms with Gasteiger partial charge < -0.3 is 5.41 Å². The van der Waals surface area contributed by atoms with E-state index in [0.29, 0.717) is 0 Å². The lowest BCUT2D eigenvalue weighted by Crippen LogP contribution is -1.77. The number of hydrogen-bond acceptors (Lipinski definition) is 2. The highest BCUT2D eigenvalue weighted by Crippen LogP contribution is 1.95. The Bertz CT molecular complexity index is 45.3. The summed E-state index contributed by atoms with van der Waals surface area (Å²) in [5.41, 5.74) is 0. The smallest absolute Gasteiger partial charge is 0.00474 e. The molecule has 0 atom stereocenters. The third-order valence-corrected chi connectivity index (χ3v) is 1.39. The van der Waals surface area contributed by atoms with Crippen LogP contribution in [0.2, 0.25) is 0 Å². The van der Waals surface area contributed by atoms with Crippen LogP contribution in [0.15, 0.2) is 0 Å². The summed E-state index contributed by atoms with van der Waals surface area (Å²) in [6, 6.07) is 0. The highest BCUT2D eigenvalue weighted by Gasteiger charge is 1.78. The van der Waals surface area contributed by atoms with Crippen LogP contribution in [0.4, 0.5) is 0 Å². The van der Waals surface area contributed by atoms with Crippen molar-refractivity contribution in [2.24, 2.45) is 0 Å². The number of thioether (sulfide) groups is 1. The molecule has 0 bridgehead atoms. The van der Waals surface area contributed by atoms with Crippen LogP contribution >= 0.6 is 11.8 Å². The van der Waals surface area contributed by atoms with Gasteiger partial charge in [0.2, 0.25) is 0 Å². The minimum atomic E-state index is 0.945. The summed E-state index contributed by atoms with van der Waals surface area (Å²) in [4.78, 5) is 0. The number of unbranched alkanes of at least 4 members (excludes halogenated alkanes) is 1. The lowest BCUT2D eigenvalue weighted by atomic mass is 10.4. The predicted molar refractivity (Wildman–Crippen MR) is 36.4 cm³/mol. The van der Waals surface area contributed by atoms with E-state index in [0.717, 1.165) is 12.8 Å². The van der Waals surface area contributed by atoms with E-state index in [-0.39, 0.29) is 0 Å². The normalized spacial score (nSPS) is 8.71. The van der Waals surface area contributed by atoms with Crippen molar-refractivity contribution in [2.75, 3.05) is 12.0 Å². The molecule has 0 amide bonds. The molecular weight excluding hydrogens is 106 g/mol. The maximum Gasteiger partial charge on any atom is -0.00474 e. The van der Waals surface area contributed by atoms with E-state index in [1.807, 2.05) is 11.8 Å². The van der Waals surface area contributed by atoms with Crippen LogP contribution < -0.4 is 0 Å². The fourth-order valence-corrected chi connectivity index (χ4v) is 0.785. The van der Waals surface area contributed by atoms with Crippen molar-refractivity contribution in [1.29, 1.82) is 5.41 Å². The maximum atomic E-state index is 6.65. The maximum absolute atomic E-state index is 6.65. The molecule has 0 aromatic rings. The molecule has 0 aromatic heterocycles. The van der Waals surface area contributed by atoms with Gasteiger partial charge in [-0.1, -0.05) is 0 Å². The van der Waals surface area contributed by atoms with Crippen molar-refractivity contribution in [3.05, 3.63) is 0 Å². The van der Waals surface area contributed by atoms with Crippen molar-refractivity contribution in [3.63, 3.8) is 0 Å². The summed E-state index contributed by atoms with van der Waals surface area (Å²) < 4.78 is 0. The van der Waals surface area contributed by atoms with Crippen LogP contribution in [-0.2, 0) is 0 Å². The largest absolute Gasteiger partial charge is 0.313 e. The highest BCUT2D eigenvalue weighted by atomic mass is 32.2. The highest BCUT2D eigenvalue weighted by molar-refractivity contribution is 7.98. The minimum Gasteiger partial charge on any atom is -0.313 e. The van der Waals surface area contributed by atoms with E-state index in [9.17, 15) is 0 Å². The molecule has 0 spiro atoms. The molecule has 1 nitrogen and oxygen atoms in total. The fraction of sp³-hybridized carbons (Fsp3) is 0.800. The van der Waals surface area contributed by atoms with Gasteiger partial charge in [-0.15, -0.1) is 0 Å². The molecule has 0 radical (unpaired) electrons. The van der Waals surface area contributed by atoms with Gasteiger partial charge in [0.05, 0.1) is 0 Å². The molecule has 0 aliphatic rings. The van der Waals surface area contributed by atoms with Crippen molar-refractivity contribution < 1.29 is 0 Å². The van der Waals surface area contributed by atoms with Gasteiger partial charge in [0.25, 0.3) is 0 Å². The summed E-state index contributed by atoms with van der Waals surface area (Å²) in [7, 11) is 0. The molecule has 0 rings (SSSR count). The van der Waals surface area contributed by atoms with Gasteiger partial charge in [0.15, 0.2) is 0 Å². The first-order chi connectivity index (χ1) is 3.41. The van der Waals surface area contributed by atoms with E-state index in [1.54, 1.807) is 0 Å². The van der Waals surface area contributed by atoms with Crippen LogP contribution in [0.5, 0.6) is 0 Å². The summed E-state index contributed by atoms with van der Waals surface area (Å²) in [6.45, 7) is 0. The van der Waals surface area contributed by atoms with E-state index in [2.05, 4.69) is 6.26 Å². The first-order valence-corrected chi connectivity index (χ1v) is 3.79. The molecule has 0 aliphatic heterocycles. The van der Waals surface area contributed by atoms with E-state index in [4.69, 9.17) is 5.41 Å². The Balaban J connectivity index is 2.56. The summed E-state index contributed by atoms with van der Waals surface area (Å²) in [6.07, 6.45) is 5.66. The Morgan fingerprint density at radius 1 is 1.71 bits per heavy atom. The Kier molecular flexibility index (Phi) is 6.04. The third kappa shape index (κ3) is 6.02. The topological polar surface area (TPSA) is 23.9 Å². The fourth-order valence-electron chi connectivity index (χ4n) is 0.330. The SMILES string of the molecule is CSCCCC=N. The van der Waals surface area contributed by atoms with Crippen molar-refractivity contribution in [2.45, 2.75) is 12.8 Å². The van der Waals surface area contributed by atoms with Gasteiger partial charge in [-0.2, -0.15) is 11.8 Å². The second kappa shape index (κ2) is 6.02. The second-order valence-electron chi connectivity index (χ2n) is 1.34. The Morgan fingerprint density at radius 3 is 2.86 bits per heavy atom. The van der Waals surface area contributed by atoms with Gasteiger partial charge in [0.1, 0.15) is 0 Å². The number of hydrogen-bond donors (Lipinski definition) is 1. The molecule has 0 saturated heterocycles. The van der Waals surface area contributed by atoms with Gasteiger partial charge in [-0.25, -0.2) is 0 Å². The van der Waals surface area contributed by atoms with E-state index >= 15 is 0 Å². The van der Waals surface area contributed by atoms with Crippen molar-refractivity contribution >= 4 is 18.0 Å². The second-order valence-corrected chi connectivity index (χ2v) is 2.32. The Morgan fingerprint density at radius 2 is 2.43 bits per heavy atom. The summed E-state index contributed by atoms with van der Waals surface area (Å²) in [5.74, 6) is 1.19. The standard InChI is InChI=1S/C5H11NS/c1-7-5-3-2-4-6/h4,6H,2-3,5H2,1H3. The van der Waals surface area contributed by atoms with Crippen LogP contribution in [-0.4, -0.2) is 18.2 Å². The molecule has 0 unspecified atom stereocenters. The summed E-state index contributed by atoms with van der Waals surface area (Å²) >= 11 is 1.84. The molecule has 0 heterocycles. The molecule has 0 aliphatic carbocycles. The average molecular weight is 117 g/mol. The number of rotatable bonds is 4. The van der Waals surface area contributed by atoms with Crippen LogP contribution in [0.1, 0.15) is 12.8 Å². The molecular formula is C5H11NS. The number of nitrogens with one attached hydrogen (secondary N) is 1. The molecule has 0 saturated carbocycles. The summed E-state index contributed by atoms with van der Waals surface area (Å²) in [5, 5.41) is 6.65. The first kappa shape index (κ1) is 7.02. The Labute approximate surface area is 49.0 Å². The van der Waals surface area contributed by atoms with Gasteiger partial charge in [-0.05, 0) is 31.1 Å². The molecule has 7 heavy (non-hydrogen) atoms. The molecule has 1 N–H and O–H groups in total. The van der Waals surface area contributed by atoms with Crippen LogP contribution in [0, 0.1) is 5.41 Å². The quantitative estimate of drug-likeness (QED) is 0.440. The molecule has 42 valence electrons. The third-order valence-electron chi connectivity index (χ3n) is 0.697. The minimum absolute atomic E-state index is 0.945. The predicted octanol–water partition coefficient (Wildman–Crippen LogP) is 1.78. The van der Waals surface area contributed by atoms with E-state index < -0.39 is 0 Å². The van der Waals surface area contributed by atoms with Gasteiger partial charge in [-0.3, -0.25) is 0 Å². The molecule has 0 fully saturated rings. The first-order valence-electron chi connectivity index (χ1n) is 2.39. The zero-order valence-corrected chi connectivity index (χ0v) is 5.42. The van der Waals surface area contributed by atoms with Crippen LogP contribution in [0.3, 0.4) is 0 Å². The Hall–Kier alpha value is 0.0200. The monoisotopic (exact) mass is 117 g/mol. The molecule has 2 heteroatoms. The lowest BCUT2D eigenvalue weighted by molar-refractivity contribution is 1.02. The van der Waals surface area contributed by atoms with Gasteiger partial charge in [0, 0.05) is 0 Å². The average Bonchev–Trinajstić information content (AvgIpc) is 1.69. The van der Waals surface area contributed by atoms with Gasteiger partial charge >= 0.3 is 0 Å². The lowest BCUT2D eigenvalue weighted by Gasteiger charge is -1.87. The van der Waals surface area contributed by atoms with Crippen molar-refractivity contribution in [3.8, 4) is 0 Å². The van der Waals surface area contributed by atoms with Crippen LogP contribution in [0.25, 0.3) is 0 Å².